The molecule has 0 bridgehead atoms. The molecular formula is C19H28FN3O2. The highest BCUT2D eigenvalue weighted by Crippen LogP contribution is 2.24. The van der Waals surface area contributed by atoms with Crippen LogP contribution in [0.3, 0.4) is 0 Å². The molecule has 1 aromatic carbocycles. The molecule has 25 heavy (non-hydrogen) atoms. The van der Waals surface area contributed by atoms with Crippen molar-refractivity contribution in [2.24, 2.45) is 11.8 Å². The largest absolute Gasteiger partial charge is 0.355 e. The number of nitrogens with zero attached hydrogens (tertiary/aromatic N) is 1. The number of likely N-dealkylation sites (tertiary alicyclic amines) is 1. The van der Waals surface area contributed by atoms with Crippen LogP contribution in [0.25, 0.3) is 0 Å². The van der Waals surface area contributed by atoms with Crippen molar-refractivity contribution in [3.05, 3.63) is 35.6 Å². The first-order valence-electron chi connectivity index (χ1n) is 8.85. The summed E-state index contributed by atoms with van der Waals surface area (Å²) in [7, 11) is 0. The SMILES string of the molecule is CC(=O)NC1CN(CC(=O)NCCc2ccc(F)cc2)CC1C(C)C. The van der Waals surface area contributed by atoms with E-state index in [2.05, 4.69) is 29.4 Å². The lowest BCUT2D eigenvalue weighted by Gasteiger charge is -2.22. The molecule has 1 saturated heterocycles. The van der Waals surface area contributed by atoms with Gasteiger partial charge in [0, 0.05) is 32.6 Å². The van der Waals surface area contributed by atoms with E-state index in [0.29, 0.717) is 37.9 Å². The molecule has 2 N–H and O–H groups in total. The summed E-state index contributed by atoms with van der Waals surface area (Å²) in [5.74, 6) is 0.504. The van der Waals surface area contributed by atoms with Crippen LogP contribution in [-0.4, -0.2) is 48.9 Å². The number of nitrogens with one attached hydrogen (secondary N) is 2. The van der Waals surface area contributed by atoms with Crippen LogP contribution < -0.4 is 10.6 Å². The summed E-state index contributed by atoms with van der Waals surface area (Å²) in [6, 6.07) is 6.41. The zero-order valence-corrected chi connectivity index (χ0v) is 15.2. The minimum absolute atomic E-state index is 0.0203. The molecule has 1 aromatic rings. The molecule has 2 rings (SSSR count). The minimum Gasteiger partial charge on any atom is -0.355 e. The zero-order chi connectivity index (χ0) is 18.4. The van der Waals surface area contributed by atoms with Gasteiger partial charge in [-0.2, -0.15) is 0 Å². The molecule has 5 nitrogen and oxygen atoms in total. The van der Waals surface area contributed by atoms with E-state index in [1.807, 2.05) is 0 Å². The van der Waals surface area contributed by atoms with Gasteiger partial charge in [0.1, 0.15) is 5.82 Å². The second-order valence-electron chi connectivity index (χ2n) is 7.14. The van der Waals surface area contributed by atoms with Gasteiger partial charge in [-0.05, 0) is 36.0 Å². The van der Waals surface area contributed by atoms with E-state index in [-0.39, 0.29) is 23.7 Å². The molecule has 1 heterocycles. The third-order valence-corrected chi connectivity index (χ3v) is 4.70. The van der Waals surface area contributed by atoms with Crippen LogP contribution in [0.15, 0.2) is 24.3 Å². The maximum atomic E-state index is 12.9. The van der Waals surface area contributed by atoms with E-state index in [0.717, 1.165) is 12.1 Å². The van der Waals surface area contributed by atoms with Crippen molar-refractivity contribution < 1.29 is 14.0 Å². The van der Waals surface area contributed by atoms with Gasteiger partial charge in [0.15, 0.2) is 0 Å². The van der Waals surface area contributed by atoms with Gasteiger partial charge >= 0.3 is 0 Å². The van der Waals surface area contributed by atoms with Crippen LogP contribution in [0.2, 0.25) is 0 Å². The molecule has 2 unspecified atom stereocenters. The molecule has 138 valence electrons. The summed E-state index contributed by atoms with van der Waals surface area (Å²) < 4.78 is 12.9. The van der Waals surface area contributed by atoms with Crippen molar-refractivity contribution in [2.45, 2.75) is 33.2 Å². The Hall–Kier alpha value is -1.95. The smallest absolute Gasteiger partial charge is 0.234 e. The number of carbonyl (C=O) groups excluding carboxylic acids is 2. The zero-order valence-electron chi connectivity index (χ0n) is 15.2. The molecule has 1 aliphatic rings. The van der Waals surface area contributed by atoms with Crippen LogP contribution >= 0.6 is 0 Å². The normalized spacial score (nSPS) is 20.7. The van der Waals surface area contributed by atoms with Crippen molar-refractivity contribution >= 4 is 11.8 Å². The fourth-order valence-corrected chi connectivity index (χ4v) is 3.39. The van der Waals surface area contributed by atoms with Gasteiger partial charge in [-0.1, -0.05) is 26.0 Å². The fraction of sp³-hybridized carbons (Fsp3) is 0.579. The van der Waals surface area contributed by atoms with Gasteiger partial charge < -0.3 is 10.6 Å². The number of rotatable bonds is 7. The highest BCUT2D eigenvalue weighted by molar-refractivity contribution is 5.78. The molecule has 2 amide bonds. The lowest BCUT2D eigenvalue weighted by molar-refractivity contribution is -0.122. The first-order valence-corrected chi connectivity index (χ1v) is 8.85. The summed E-state index contributed by atoms with van der Waals surface area (Å²) in [6.07, 6.45) is 0.676. The van der Waals surface area contributed by atoms with Crippen molar-refractivity contribution in [1.82, 2.24) is 15.5 Å². The Morgan fingerprint density at radius 1 is 1.24 bits per heavy atom. The van der Waals surface area contributed by atoms with Crippen molar-refractivity contribution in [1.29, 1.82) is 0 Å². The van der Waals surface area contributed by atoms with Crippen LogP contribution in [0, 0.1) is 17.7 Å². The Kier molecular flexibility index (Phi) is 6.93. The Morgan fingerprint density at radius 2 is 1.92 bits per heavy atom. The van der Waals surface area contributed by atoms with E-state index >= 15 is 0 Å². The third-order valence-electron chi connectivity index (χ3n) is 4.70. The molecule has 6 heteroatoms. The summed E-state index contributed by atoms with van der Waals surface area (Å²) in [4.78, 5) is 25.6. The average molecular weight is 349 g/mol. The highest BCUT2D eigenvalue weighted by Gasteiger charge is 2.35. The molecular weight excluding hydrogens is 321 g/mol. The molecule has 1 fully saturated rings. The average Bonchev–Trinajstić information content (AvgIpc) is 2.91. The van der Waals surface area contributed by atoms with Gasteiger partial charge in [-0.25, -0.2) is 4.39 Å². The van der Waals surface area contributed by atoms with Gasteiger partial charge in [-0.15, -0.1) is 0 Å². The van der Waals surface area contributed by atoms with E-state index in [9.17, 15) is 14.0 Å². The van der Waals surface area contributed by atoms with Crippen LogP contribution in [-0.2, 0) is 16.0 Å². The third kappa shape index (κ3) is 6.12. The van der Waals surface area contributed by atoms with Gasteiger partial charge in [0.05, 0.1) is 6.54 Å². The van der Waals surface area contributed by atoms with Gasteiger partial charge in [0.2, 0.25) is 11.8 Å². The number of hydrogen-bond donors (Lipinski definition) is 2. The quantitative estimate of drug-likeness (QED) is 0.786. The maximum absolute atomic E-state index is 12.9. The molecule has 0 saturated carbocycles. The first kappa shape index (κ1) is 19.4. The van der Waals surface area contributed by atoms with Crippen molar-refractivity contribution in [3.63, 3.8) is 0 Å². The van der Waals surface area contributed by atoms with Crippen LogP contribution in [0.1, 0.15) is 26.3 Å². The fourth-order valence-electron chi connectivity index (χ4n) is 3.39. The Morgan fingerprint density at radius 3 is 2.52 bits per heavy atom. The van der Waals surface area contributed by atoms with Crippen molar-refractivity contribution in [3.8, 4) is 0 Å². The second kappa shape index (κ2) is 8.94. The van der Waals surface area contributed by atoms with Crippen molar-refractivity contribution in [2.75, 3.05) is 26.2 Å². The number of benzene rings is 1. The maximum Gasteiger partial charge on any atom is 0.234 e. The summed E-state index contributed by atoms with van der Waals surface area (Å²) >= 11 is 0. The minimum atomic E-state index is -0.254. The predicted octanol–water partition coefficient (Wildman–Crippen LogP) is 1.58. The van der Waals surface area contributed by atoms with E-state index in [1.165, 1.54) is 19.1 Å². The van der Waals surface area contributed by atoms with E-state index < -0.39 is 0 Å². The molecule has 1 aliphatic heterocycles. The van der Waals surface area contributed by atoms with Gasteiger partial charge in [-0.3, -0.25) is 14.5 Å². The van der Waals surface area contributed by atoms with E-state index in [1.54, 1.807) is 12.1 Å². The first-order chi connectivity index (χ1) is 11.8. The monoisotopic (exact) mass is 349 g/mol. The van der Waals surface area contributed by atoms with E-state index in [4.69, 9.17) is 0 Å². The molecule has 0 radical (unpaired) electrons. The summed E-state index contributed by atoms with van der Waals surface area (Å²) in [5, 5.41) is 5.91. The molecule has 2 atom stereocenters. The lowest BCUT2D eigenvalue weighted by atomic mass is 9.91. The lowest BCUT2D eigenvalue weighted by Crippen LogP contribution is -2.41. The summed E-state index contributed by atoms with van der Waals surface area (Å²) in [6.45, 7) is 8.20. The number of hydrogen-bond acceptors (Lipinski definition) is 3. The number of amides is 2. The molecule has 0 spiro atoms. The number of carbonyl (C=O) groups is 2. The van der Waals surface area contributed by atoms with Crippen LogP contribution in [0.5, 0.6) is 0 Å². The standard InChI is InChI=1S/C19H28FN3O2/c1-13(2)17-10-23(11-18(17)22-14(3)24)12-19(25)21-9-8-15-4-6-16(20)7-5-15/h4-7,13,17-18H,8-12H2,1-3H3,(H,21,25)(H,22,24). The Labute approximate surface area is 149 Å². The highest BCUT2D eigenvalue weighted by atomic mass is 19.1. The summed E-state index contributed by atoms with van der Waals surface area (Å²) in [5.41, 5.74) is 0.994. The molecule has 0 aliphatic carbocycles. The molecule has 0 aromatic heterocycles. The predicted molar refractivity (Wildman–Crippen MR) is 95.5 cm³/mol. The Balaban J connectivity index is 1.76. The number of halogens is 1. The second-order valence-corrected chi connectivity index (χ2v) is 7.14. The topological polar surface area (TPSA) is 61.4 Å². The van der Waals surface area contributed by atoms with Crippen LogP contribution in [0.4, 0.5) is 4.39 Å². The Bertz CT molecular complexity index is 589. The van der Waals surface area contributed by atoms with Gasteiger partial charge in [0.25, 0.3) is 0 Å².